The zero-order valence-electron chi connectivity index (χ0n) is 12.6. The fraction of sp³-hybridized carbons (Fsp3) is 0.267. The van der Waals surface area contributed by atoms with Crippen LogP contribution in [-0.2, 0) is 9.53 Å². The molecule has 6 nitrogen and oxygen atoms in total. The summed E-state index contributed by atoms with van der Waals surface area (Å²) in [5.74, 6) is -3.28. The van der Waals surface area contributed by atoms with Gasteiger partial charge in [0.2, 0.25) is 0 Å². The molecule has 0 spiro atoms. The third-order valence-corrected chi connectivity index (χ3v) is 3.08. The number of anilines is 1. The number of nitrogens with zero attached hydrogens (tertiary/aromatic N) is 1. The van der Waals surface area contributed by atoms with Crippen LogP contribution >= 0.6 is 0 Å². The van der Waals surface area contributed by atoms with Crippen molar-refractivity contribution < 1.29 is 27.6 Å². The first-order valence-corrected chi connectivity index (χ1v) is 6.69. The highest BCUT2D eigenvalue weighted by Crippen LogP contribution is 2.16. The van der Waals surface area contributed by atoms with E-state index in [0.29, 0.717) is 5.69 Å². The van der Waals surface area contributed by atoms with Crippen LogP contribution in [0.5, 0.6) is 0 Å². The third kappa shape index (κ3) is 3.71. The maximum Gasteiger partial charge on any atom is 0.344 e. The van der Waals surface area contributed by atoms with E-state index in [1.807, 2.05) is 0 Å². The Morgan fingerprint density at radius 1 is 1.26 bits per heavy atom. The van der Waals surface area contributed by atoms with Crippen molar-refractivity contribution in [1.82, 2.24) is 5.16 Å². The lowest BCUT2D eigenvalue weighted by molar-refractivity contribution is -0.123. The zero-order chi connectivity index (χ0) is 17.1. The summed E-state index contributed by atoms with van der Waals surface area (Å²) in [5.41, 5.74) is 0.548. The van der Waals surface area contributed by atoms with Gasteiger partial charge < -0.3 is 14.6 Å². The molecule has 0 radical (unpaired) electrons. The molecule has 0 fully saturated rings. The van der Waals surface area contributed by atoms with Gasteiger partial charge in [-0.05, 0) is 32.9 Å². The molecule has 2 aromatic rings. The average molecular weight is 324 g/mol. The number of hydrogen-bond donors (Lipinski definition) is 1. The van der Waals surface area contributed by atoms with Gasteiger partial charge in [-0.15, -0.1) is 0 Å². The van der Waals surface area contributed by atoms with E-state index in [9.17, 15) is 18.4 Å². The van der Waals surface area contributed by atoms with Gasteiger partial charge in [0, 0.05) is 11.8 Å². The Morgan fingerprint density at radius 3 is 2.52 bits per heavy atom. The topological polar surface area (TPSA) is 81.4 Å². The van der Waals surface area contributed by atoms with Crippen molar-refractivity contribution in [2.45, 2.75) is 26.9 Å². The van der Waals surface area contributed by atoms with E-state index in [1.54, 1.807) is 13.8 Å². The molecular weight excluding hydrogens is 310 g/mol. The number of amides is 1. The molecule has 1 N–H and O–H groups in total. The average Bonchev–Trinajstić information content (AvgIpc) is 2.82. The molecule has 0 bridgehead atoms. The molecule has 8 heteroatoms. The minimum absolute atomic E-state index is 0.0501. The van der Waals surface area contributed by atoms with Crippen molar-refractivity contribution in [2.24, 2.45) is 0 Å². The number of carbonyl (C=O) groups excluding carboxylic acids is 2. The van der Waals surface area contributed by atoms with Gasteiger partial charge in [-0.1, -0.05) is 5.16 Å². The standard InChI is InChI=1S/C15H14F2N2O4/c1-7-13(8(2)23-19-7)15(21)22-9(3)14(20)18-10-4-5-11(16)12(17)6-10/h4-6,9H,1-3H3,(H,18,20)/t9-/m0/s1. The van der Waals surface area contributed by atoms with Crippen LogP contribution in [0.15, 0.2) is 22.7 Å². The number of hydrogen-bond acceptors (Lipinski definition) is 5. The molecule has 2 rings (SSSR count). The molecule has 1 aromatic carbocycles. The minimum atomic E-state index is -1.15. The second-order valence-electron chi connectivity index (χ2n) is 4.86. The summed E-state index contributed by atoms with van der Waals surface area (Å²) in [6.07, 6.45) is -1.15. The Hall–Kier alpha value is -2.77. The lowest BCUT2D eigenvalue weighted by atomic mass is 10.2. The number of rotatable bonds is 4. The van der Waals surface area contributed by atoms with Crippen molar-refractivity contribution >= 4 is 17.6 Å². The van der Waals surface area contributed by atoms with E-state index < -0.39 is 29.6 Å². The summed E-state index contributed by atoms with van der Waals surface area (Å²) < 4.78 is 35.8. The number of halogens is 2. The number of ether oxygens (including phenoxy) is 1. The lowest BCUT2D eigenvalue weighted by Gasteiger charge is -2.13. The van der Waals surface area contributed by atoms with Crippen molar-refractivity contribution in [2.75, 3.05) is 5.32 Å². The number of benzene rings is 1. The van der Waals surface area contributed by atoms with Crippen molar-refractivity contribution in [1.29, 1.82) is 0 Å². The molecule has 1 heterocycles. The fourth-order valence-corrected chi connectivity index (χ4v) is 1.87. The van der Waals surface area contributed by atoms with Gasteiger partial charge >= 0.3 is 5.97 Å². The van der Waals surface area contributed by atoms with E-state index >= 15 is 0 Å². The second-order valence-corrected chi connectivity index (χ2v) is 4.86. The zero-order valence-corrected chi connectivity index (χ0v) is 12.6. The van der Waals surface area contributed by atoms with Crippen LogP contribution in [0, 0.1) is 25.5 Å². The summed E-state index contributed by atoms with van der Waals surface area (Å²) in [5, 5.41) is 5.95. The smallest absolute Gasteiger partial charge is 0.344 e. The van der Waals surface area contributed by atoms with Crippen LogP contribution in [0.2, 0.25) is 0 Å². The third-order valence-electron chi connectivity index (χ3n) is 3.08. The fourth-order valence-electron chi connectivity index (χ4n) is 1.87. The summed E-state index contributed by atoms with van der Waals surface area (Å²) in [6.45, 7) is 4.47. The Bertz CT molecular complexity index is 738. The maximum absolute atomic E-state index is 13.1. The van der Waals surface area contributed by atoms with Crippen LogP contribution < -0.4 is 5.32 Å². The van der Waals surface area contributed by atoms with Gasteiger partial charge in [0.05, 0.1) is 5.69 Å². The normalized spacial score (nSPS) is 11.9. The van der Waals surface area contributed by atoms with E-state index in [-0.39, 0.29) is 17.0 Å². The summed E-state index contributed by atoms with van der Waals surface area (Å²) in [4.78, 5) is 23.9. The van der Waals surface area contributed by atoms with Crippen LogP contribution in [0.25, 0.3) is 0 Å². The summed E-state index contributed by atoms with van der Waals surface area (Å²) >= 11 is 0. The van der Waals surface area contributed by atoms with Crippen molar-refractivity contribution in [3.05, 3.63) is 46.9 Å². The first kappa shape index (κ1) is 16.6. The first-order chi connectivity index (χ1) is 10.8. The lowest BCUT2D eigenvalue weighted by Crippen LogP contribution is -2.30. The minimum Gasteiger partial charge on any atom is -0.449 e. The monoisotopic (exact) mass is 324 g/mol. The van der Waals surface area contributed by atoms with E-state index in [2.05, 4.69) is 10.5 Å². The predicted molar refractivity (Wildman–Crippen MR) is 75.8 cm³/mol. The molecule has 0 unspecified atom stereocenters. The number of esters is 1. The molecule has 1 aromatic heterocycles. The molecule has 1 amide bonds. The number of aromatic nitrogens is 1. The molecule has 0 aliphatic heterocycles. The predicted octanol–water partition coefficient (Wildman–Crippen LogP) is 2.75. The van der Waals surface area contributed by atoms with Gasteiger partial charge in [-0.2, -0.15) is 0 Å². The molecule has 23 heavy (non-hydrogen) atoms. The first-order valence-electron chi connectivity index (χ1n) is 6.69. The number of nitrogens with one attached hydrogen (secondary N) is 1. The van der Waals surface area contributed by atoms with Crippen LogP contribution in [-0.4, -0.2) is 23.1 Å². The Morgan fingerprint density at radius 2 is 1.96 bits per heavy atom. The van der Waals surface area contributed by atoms with Crippen LogP contribution in [0.4, 0.5) is 14.5 Å². The van der Waals surface area contributed by atoms with Gasteiger partial charge in [-0.25, -0.2) is 13.6 Å². The van der Waals surface area contributed by atoms with Gasteiger partial charge in [0.15, 0.2) is 17.7 Å². The van der Waals surface area contributed by atoms with E-state index in [4.69, 9.17) is 9.26 Å². The summed E-state index contributed by atoms with van der Waals surface area (Å²) in [7, 11) is 0. The second kappa shape index (κ2) is 6.55. The molecule has 1 atom stereocenters. The van der Waals surface area contributed by atoms with Crippen LogP contribution in [0.1, 0.15) is 28.7 Å². The summed E-state index contributed by atoms with van der Waals surface area (Å²) in [6, 6.07) is 2.90. The SMILES string of the molecule is Cc1noc(C)c1C(=O)O[C@@H](C)C(=O)Nc1ccc(F)c(F)c1. The van der Waals surface area contributed by atoms with Crippen molar-refractivity contribution in [3.63, 3.8) is 0 Å². The molecule has 122 valence electrons. The van der Waals surface area contributed by atoms with E-state index in [0.717, 1.165) is 12.1 Å². The molecule has 0 saturated heterocycles. The highest BCUT2D eigenvalue weighted by atomic mass is 19.2. The Balaban J connectivity index is 2.02. The molecule has 0 aliphatic rings. The molecule has 0 aliphatic carbocycles. The van der Waals surface area contributed by atoms with E-state index in [1.165, 1.54) is 13.0 Å². The number of carbonyl (C=O) groups is 2. The molecular formula is C15H14F2N2O4. The van der Waals surface area contributed by atoms with Gasteiger partial charge in [-0.3, -0.25) is 4.79 Å². The highest BCUT2D eigenvalue weighted by Gasteiger charge is 2.24. The number of aryl methyl sites for hydroxylation is 2. The largest absolute Gasteiger partial charge is 0.449 e. The highest BCUT2D eigenvalue weighted by molar-refractivity contribution is 5.97. The molecule has 0 saturated carbocycles. The Kier molecular flexibility index (Phi) is 4.73. The Labute approximate surface area is 130 Å². The quantitative estimate of drug-likeness (QED) is 0.875. The van der Waals surface area contributed by atoms with Gasteiger partial charge in [0.25, 0.3) is 5.91 Å². The van der Waals surface area contributed by atoms with Crippen molar-refractivity contribution in [3.8, 4) is 0 Å². The maximum atomic E-state index is 13.1. The van der Waals surface area contributed by atoms with Gasteiger partial charge in [0.1, 0.15) is 11.3 Å². The van der Waals surface area contributed by atoms with Crippen LogP contribution in [0.3, 0.4) is 0 Å².